The molecule has 0 N–H and O–H groups in total. The highest BCUT2D eigenvalue weighted by molar-refractivity contribution is 7.90. The normalized spacial score (nSPS) is 19.7. The molecule has 6 nitrogen and oxygen atoms in total. The molecule has 23 heavy (non-hydrogen) atoms. The van der Waals surface area contributed by atoms with E-state index in [4.69, 9.17) is 0 Å². The summed E-state index contributed by atoms with van der Waals surface area (Å²) in [6.45, 7) is 2.03. The minimum atomic E-state index is -3.16. The van der Waals surface area contributed by atoms with Gasteiger partial charge in [0, 0.05) is 38.0 Å². The second-order valence-corrected chi connectivity index (χ2v) is 8.32. The molecule has 1 aromatic rings. The van der Waals surface area contributed by atoms with Crippen LogP contribution in [0.25, 0.3) is 0 Å². The van der Waals surface area contributed by atoms with E-state index < -0.39 is 21.8 Å². The number of para-hydroxylation sites is 1. The Morgan fingerprint density at radius 2 is 1.96 bits per heavy atom. The molecule has 2 amide bonds. The van der Waals surface area contributed by atoms with Gasteiger partial charge in [0.1, 0.15) is 9.84 Å². The van der Waals surface area contributed by atoms with E-state index in [1.807, 2.05) is 30.3 Å². The van der Waals surface area contributed by atoms with E-state index in [1.54, 1.807) is 18.9 Å². The Balaban J connectivity index is 2.05. The van der Waals surface area contributed by atoms with Gasteiger partial charge in [-0.05, 0) is 19.1 Å². The molecule has 0 aromatic heterocycles. The summed E-state index contributed by atoms with van der Waals surface area (Å²) in [7, 11) is -1.57. The van der Waals surface area contributed by atoms with Crippen molar-refractivity contribution in [1.29, 1.82) is 0 Å². The van der Waals surface area contributed by atoms with Gasteiger partial charge < -0.3 is 9.80 Å². The molecule has 2 atom stereocenters. The second-order valence-electron chi connectivity index (χ2n) is 6.13. The SMILES string of the molecule is CC(CS(C)(=O)=O)N(C)C(=O)C1CC(=O)N(c2ccccc2)C1. The predicted molar refractivity (Wildman–Crippen MR) is 88.8 cm³/mol. The number of anilines is 1. The highest BCUT2D eigenvalue weighted by Gasteiger charge is 2.37. The van der Waals surface area contributed by atoms with Gasteiger partial charge >= 0.3 is 0 Å². The molecule has 0 bridgehead atoms. The van der Waals surface area contributed by atoms with Gasteiger partial charge in [0.2, 0.25) is 11.8 Å². The number of rotatable bonds is 5. The fraction of sp³-hybridized carbons (Fsp3) is 0.500. The third-order valence-electron chi connectivity index (χ3n) is 4.09. The lowest BCUT2D eigenvalue weighted by molar-refractivity contribution is -0.135. The zero-order valence-electron chi connectivity index (χ0n) is 13.6. The largest absolute Gasteiger partial charge is 0.342 e. The summed E-state index contributed by atoms with van der Waals surface area (Å²) >= 11 is 0. The summed E-state index contributed by atoms with van der Waals surface area (Å²) in [6.07, 6.45) is 1.31. The van der Waals surface area contributed by atoms with Gasteiger partial charge in [-0.2, -0.15) is 0 Å². The van der Waals surface area contributed by atoms with Crippen molar-refractivity contribution in [2.75, 3.05) is 30.5 Å². The maximum Gasteiger partial charge on any atom is 0.228 e. The Bertz CT molecular complexity index is 687. The Morgan fingerprint density at radius 1 is 1.35 bits per heavy atom. The quantitative estimate of drug-likeness (QED) is 0.800. The van der Waals surface area contributed by atoms with Crippen molar-refractivity contribution in [3.05, 3.63) is 30.3 Å². The lowest BCUT2D eigenvalue weighted by Crippen LogP contribution is -2.43. The fourth-order valence-electron chi connectivity index (χ4n) is 2.79. The molecule has 1 aliphatic rings. The monoisotopic (exact) mass is 338 g/mol. The van der Waals surface area contributed by atoms with E-state index in [0.717, 1.165) is 11.9 Å². The summed E-state index contributed by atoms with van der Waals surface area (Å²) in [6, 6.07) is 8.81. The van der Waals surface area contributed by atoms with Crippen LogP contribution in [-0.2, 0) is 19.4 Å². The molecule has 0 spiro atoms. The van der Waals surface area contributed by atoms with Gasteiger partial charge in [-0.25, -0.2) is 8.42 Å². The van der Waals surface area contributed by atoms with E-state index >= 15 is 0 Å². The summed E-state index contributed by atoms with van der Waals surface area (Å²) in [5.74, 6) is -0.792. The first-order chi connectivity index (χ1) is 10.7. The van der Waals surface area contributed by atoms with Crippen molar-refractivity contribution in [3.63, 3.8) is 0 Å². The smallest absolute Gasteiger partial charge is 0.228 e. The molecule has 1 aromatic carbocycles. The standard InChI is InChI=1S/C16H22N2O4S/c1-12(11-23(3,21)22)17(2)16(20)13-9-15(19)18(10-13)14-7-5-4-6-8-14/h4-8,12-13H,9-11H2,1-3H3. The second kappa shape index (κ2) is 6.70. The molecule has 7 heteroatoms. The Labute approximate surface area is 137 Å². The van der Waals surface area contributed by atoms with Crippen molar-refractivity contribution < 1.29 is 18.0 Å². The zero-order valence-corrected chi connectivity index (χ0v) is 14.4. The van der Waals surface area contributed by atoms with Crippen LogP contribution in [0.5, 0.6) is 0 Å². The van der Waals surface area contributed by atoms with E-state index in [2.05, 4.69) is 0 Å². The van der Waals surface area contributed by atoms with Crippen LogP contribution in [0.1, 0.15) is 13.3 Å². The zero-order chi connectivity index (χ0) is 17.2. The van der Waals surface area contributed by atoms with Crippen LogP contribution in [0.4, 0.5) is 5.69 Å². The molecule has 126 valence electrons. The van der Waals surface area contributed by atoms with E-state index in [9.17, 15) is 18.0 Å². The number of nitrogens with zero attached hydrogens (tertiary/aromatic N) is 2. The molecule has 0 aliphatic carbocycles. The van der Waals surface area contributed by atoms with Gasteiger partial charge in [0.05, 0.1) is 11.7 Å². The maximum atomic E-state index is 12.5. The van der Waals surface area contributed by atoms with Crippen molar-refractivity contribution in [3.8, 4) is 0 Å². The van der Waals surface area contributed by atoms with Gasteiger partial charge in [-0.3, -0.25) is 9.59 Å². The van der Waals surface area contributed by atoms with E-state index in [0.29, 0.717) is 6.54 Å². The first-order valence-corrected chi connectivity index (χ1v) is 9.55. The topological polar surface area (TPSA) is 74.8 Å². The molecule has 0 saturated carbocycles. The van der Waals surface area contributed by atoms with Gasteiger partial charge in [0.15, 0.2) is 0 Å². The maximum absolute atomic E-state index is 12.5. The van der Waals surface area contributed by atoms with Gasteiger partial charge in [0.25, 0.3) is 0 Å². The molecule has 0 radical (unpaired) electrons. The molecule has 1 fully saturated rings. The van der Waals surface area contributed by atoms with Gasteiger partial charge in [-0.15, -0.1) is 0 Å². The van der Waals surface area contributed by atoms with Crippen molar-refractivity contribution >= 4 is 27.3 Å². The van der Waals surface area contributed by atoms with Crippen LogP contribution >= 0.6 is 0 Å². The lowest BCUT2D eigenvalue weighted by atomic mass is 10.1. The molecular formula is C16H22N2O4S. The number of benzene rings is 1. The summed E-state index contributed by atoms with van der Waals surface area (Å²) in [4.78, 5) is 27.8. The molecular weight excluding hydrogens is 316 g/mol. The Kier molecular flexibility index (Phi) is 5.09. The van der Waals surface area contributed by atoms with Gasteiger partial charge in [-0.1, -0.05) is 18.2 Å². The highest BCUT2D eigenvalue weighted by atomic mass is 32.2. The lowest BCUT2D eigenvalue weighted by Gasteiger charge is -2.27. The Morgan fingerprint density at radius 3 is 2.52 bits per heavy atom. The number of carbonyl (C=O) groups excluding carboxylic acids is 2. The minimum absolute atomic E-state index is 0.0845. The minimum Gasteiger partial charge on any atom is -0.342 e. The third-order valence-corrected chi connectivity index (χ3v) is 5.18. The highest BCUT2D eigenvalue weighted by Crippen LogP contribution is 2.26. The number of hydrogen-bond donors (Lipinski definition) is 0. The molecule has 2 rings (SSSR count). The average molecular weight is 338 g/mol. The first-order valence-electron chi connectivity index (χ1n) is 7.49. The molecule has 1 heterocycles. The van der Waals surface area contributed by atoms with E-state index in [-0.39, 0.29) is 24.0 Å². The number of amides is 2. The Hall–Kier alpha value is -1.89. The molecule has 1 aliphatic heterocycles. The van der Waals surface area contributed by atoms with Crippen LogP contribution < -0.4 is 4.90 Å². The first kappa shape index (κ1) is 17.5. The molecule has 2 unspecified atom stereocenters. The van der Waals surface area contributed by atoms with Crippen LogP contribution in [0.15, 0.2) is 30.3 Å². The fourth-order valence-corrected chi connectivity index (χ4v) is 3.89. The summed E-state index contributed by atoms with van der Waals surface area (Å²) in [5, 5.41) is 0. The van der Waals surface area contributed by atoms with Crippen molar-refractivity contribution in [1.82, 2.24) is 4.90 Å². The average Bonchev–Trinajstić information content (AvgIpc) is 2.87. The summed E-state index contributed by atoms with van der Waals surface area (Å²) in [5.41, 5.74) is 0.777. The van der Waals surface area contributed by atoms with Crippen molar-refractivity contribution in [2.24, 2.45) is 5.92 Å². The van der Waals surface area contributed by atoms with Crippen molar-refractivity contribution in [2.45, 2.75) is 19.4 Å². The number of hydrogen-bond acceptors (Lipinski definition) is 4. The van der Waals surface area contributed by atoms with E-state index in [1.165, 1.54) is 4.90 Å². The van der Waals surface area contributed by atoms with Crippen LogP contribution in [0, 0.1) is 5.92 Å². The predicted octanol–water partition coefficient (Wildman–Crippen LogP) is 0.931. The van der Waals surface area contributed by atoms with Crippen LogP contribution in [0.3, 0.4) is 0 Å². The molecule has 1 saturated heterocycles. The number of carbonyl (C=O) groups is 2. The summed E-state index contributed by atoms with van der Waals surface area (Å²) < 4.78 is 22.8. The van der Waals surface area contributed by atoms with Crippen LogP contribution in [0.2, 0.25) is 0 Å². The third kappa shape index (κ3) is 4.31. The number of sulfone groups is 1. The van der Waals surface area contributed by atoms with Crippen LogP contribution in [-0.4, -0.2) is 56.8 Å².